The molecule has 0 atom stereocenters. The molecule has 8 heteroatoms. The summed E-state index contributed by atoms with van der Waals surface area (Å²) in [7, 11) is 3.19. The lowest BCUT2D eigenvalue weighted by Gasteiger charge is -2.12. The molecule has 0 radical (unpaired) electrons. The van der Waals surface area contributed by atoms with Crippen LogP contribution in [0.1, 0.15) is 12.5 Å². The van der Waals surface area contributed by atoms with Gasteiger partial charge in [0.2, 0.25) is 0 Å². The molecule has 1 saturated heterocycles. The summed E-state index contributed by atoms with van der Waals surface area (Å²) in [5, 5.41) is 0. The number of carbonyl (C=O) groups excluding carboxylic acids is 1. The number of ether oxygens (including phenoxy) is 4. The second-order valence-electron chi connectivity index (χ2n) is 6.21. The van der Waals surface area contributed by atoms with Crippen molar-refractivity contribution in [1.82, 2.24) is 4.90 Å². The molecule has 2 aromatic rings. The van der Waals surface area contributed by atoms with Gasteiger partial charge in [-0.2, -0.15) is 0 Å². The second kappa shape index (κ2) is 10.4. The number of likely N-dealkylation sites (N-methyl/N-ethyl adjacent to an activating group) is 1. The minimum absolute atomic E-state index is 0.0681. The average molecular weight is 446 g/mol. The molecule has 1 fully saturated rings. The molecule has 0 spiro atoms. The van der Waals surface area contributed by atoms with E-state index < -0.39 is 0 Å². The monoisotopic (exact) mass is 445 g/mol. The molecule has 3 rings (SSSR count). The standard InChI is InChI=1S/C22H23NO5S2/c1-4-23-21(24)20(30-22(23)29)13-15-8-9-18(19(12-15)26-3)28-11-10-27-17-7-5-6-16(14-17)25-2/h5-9,12-14H,4,10-11H2,1-3H3/b20-13+. The van der Waals surface area contributed by atoms with Crippen LogP contribution in [0.15, 0.2) is 47.4 Å². The Morgan fingerprint density at radius 3 is 2.47 bits per heavy atom. The zero-order chi connectivity index (χ0) is 21.5. The van der Waals surface area contributed by atoms with Gasteiger partial charge < -0.3 is 18.9 Å². The lowest BCUT2D eigenvalue weighted by molar-refractivity contribution is -0.121. The highest BCUT2D eigenvalue weighted by molar-refractivity contribution is 8.26. The SMILES string of the molecule is CCN1C(=O)/C(=C\c2ccc(OCCOc3cccc(OC)c3)c(OC)c2)SC1=S. The minimum atomic E-state index is -0.0681. The van der Waals surface area contributed by atoms with Crippen LogP contribution in [-0.4, -0.2) is 49.1 Å². The molecule has 0 bridgehead atoms. The first kappa shape index (κ1) is 22.0. The molecular weight excluding hydrogens is 422 g/mol. The predicted molar refractivity (Wildman–Crippen MR) is 123 cm³/mol. The van der Waals surface area contributed by atoms with Gasteiger partial charge in [0.1, 0.15) is 29.0 Å². The largest absolute Gasteiger partial charge is 0.497 e. The van der Waals surface area contributed by atoms with Crippen LogP contribution in [0.25, 0.3) is 6.08 Å². The van der Waals surface area contributed by atoms with Crippen molar-refractivity contribution < 1.29 is 23.7 Å². The van der Waals surface area contributed by atoms with Gasteiger partial charge in [0.05, 0.1) is 19.1 Å². The molecule has 6 nitrogen and oxygen atoms in total. The van der Waals surface area contributed by atoms with E-state index in [0.29, 0.717) is 46.2 Å². The Morgan fingerprint density at radius 2 is 1.77 bits per heavy atom. The number of amides is 1. The van der Waals surface area contributed by atoms with E-state index in [2.05, 4.69) is 0 Å². The molecule has 0 N–H and O–H groups in total. The maximum atomic E-state index is 12.4. The average Bonchev–Trinajstić information content (AvgIpc) is 3.04. The van der Waals surface area contributed by atoms with Gasteiger partial charge in [0.15, 0.2) is 11.5 Å². The smallest absolute Gasteiger partial charge is 0.266 e. The fourth-order valence-electron chi connectivity index (χ4n) is 2.82. The Bertz CT molecular complexity index is 960. The first-order valence-corrected chi connectivity index (χ1v) is 10.6. The molecule has 1 aliphatic heterocycles. The Balaban J connectivity index is 1.61. The summed E-state index contributed by atoms with van der Waals surface area (Å²) < 4.78 is 22.7. The van der Waals surface area contributed by atoms with Crippen molar-refractivity contribution in [2.75, 3.05) is 34.0 Å². The van der Waals surface area contributed by atoms with Crippen LogP contribution in [0.5, 0.6) is 23.0 Å². The van der Waals surface area contributed by atoms with Gasteiger partial charge in [-0.15, -0.1) is 0 Å². The van der Waals surface area contributed by atoms with Crippen LogP contribution in [0.4, 0.5) is 0 Å². The molecule has 1 aliphatic rings. The maximum absolute atomic E-state index is 12.4. The number of thiocarbonyl (C=S) groups is 1. The van der Waals surface area contributed by atoms with Crippen molar-refractivity contribution in [2.24, 2.45) is 0 Å². The molecule has 0 unspecified atom stereocenters. The molecule has 0 aromatic heterocycles. The normalized spacial score (nSPS) is 14.9. The Labute approximate surface area is 185 Å². The lowest BCUT2D eigenvalue weighted by Crippen LogP contribution is -2.27. The third-order valence-corrected chi connectivity index (χ3v) is 5.70. The quantitative estimate of drug-likeness (QED) is 0.322. The highest BCUT2D eigenvalue weighted by Gasteiger charge is 2.30. The summed E-state index contributed by atoms with van der Waals surface area (Å²) in [5.41, 5.74) is 0.837. The van der Waals surface area contributed by atoms with E-state index in [1.807, 2.05) is 55.5 Å². The molecule has 1 amide bonds. The number of rotatable bonds is 9. The highest BCUT2D eigenvalue weighted by Crippen LogP contribution is 2.34. The number of carbonyl (C=O) groups is 1. The summed E-state index contributed by atoms with van der Waals surface area (Å²) in [6.07, 6.45) is 1.81. The van der Waals surface area contributed by atoms with Crippen molar-refractivity contribution in [2.45, 2.75) is 6.92 Å². The van der Waals surface area contributed by atoms with E-state index in [1.54, 1.807) is 19.1 Å². The van der Waals surface area contributed by atoms with E-state index in [-0.39, 0.29) is 5.91 Å². The van der Waals surface area contributed by atoms with Gasteiger partial charge >= 0.3 is 0 Å². The van der Waals surface area contributed by atoms with Crippen molar-refractivity contribution in [3.8, 4) is 23.0 Å². The van der Waals surface area contributed by atoms with Gasteiger partial charge in [0.25, 0.3) is 5.91 Å². The fraction of sp³-hybridized carbons (Fsp3) is 0.273. The lowest BCUT2D eigenvalue weighted by atomic mass is 10.2. The molecule has 30 heavy (non-hydrogen) atoms. The fourth-order valence-corrected chi connectivity index (χ4v) is 4.20. The molecule has 0 aliphatic carbocycles. The Hall–Kier alpha value is -2.71. The van der Waals surface area contributed by atoms with Crippen LogP contribution < -0.4 is 18.9 Å². The zero-order valence-corrected chi connectivity index (χ0v) is 18.7. The number of thioether (sulfide) groups is 1. The summed E-state index contributed by atoms with van der Waals surface area (Å²) in [6.45, 7) is 3.19. The first-order chi connectivity index (χ1) is 14.5. The van der Waals surface area contributed by atoms with E-state index in [1.165, 1.54) is 11.8 Å². The van der Waals surface area contributed by atoms with E-state index in [9.17, 15) is 4.79 Å². The van der Waals surface area contributed by atoms with Crippen LogP contribution >= 0.6 is 24.0 Å². The predicted octanol–water partition coefficient (Wildman–Crippen LogP) is 4.38. The second-order valence-corrected chi connectivity index (χ2v) is 7.89. The van der Waals surface area contributed by atoms with Crippen molar-refractivity contribution in [3.63, 3.8) is 0 Å². The summed E-state index contributed by atoms with van der Waals surface area (Å²) in [5.74, 6) is 2.56. The third kappa shape index (κ3) is 5.25. The van der Waals surface area contributed by atoms with Crippen LogP contribution in [-0.2, 0) is 4.79 Å². The van der Waals surface area contributed by atoms with Gasteiger partial charge in [-0.05, 0) is 42.8 Å². The Morgan fingerprint density at radius 1 is 1.00 bits per heavy atom. The topological polar surface area (TPSA) is 57.2 Å². The van der Waals surface area contributed by atoms with Crippen molar-refractivity contribution in [1.29, 1.82) is 0 Å². The van der Waals surface area contributed by atoms with Crippen molar-refractivity contribution >= 4 is 40.3 Å². The zero-order valence-electron chi connectivity index (χ0n) is 17.0. The van der Waals surface area contributed by atoms with Gasteiger partial charge in [-0.1, -0.05) is 36.1 Å². The maximum Gasteiger partial charge on any atom is 0.266 e. The number of hydrogen-bond acceptors (Lipinski definition) is 7. The van der Waals surface area contributed by atoms with Gasteiger partial charge in [0, 0.05) is 12.6 Å². The van der Waals surface area contributed by atoms with Crippen LogP contribution in [0.3, 0.4) is 0 Å². The van der Waals surface area contributed by atoms with E-state index >= 15 is 0 Å². The molecule has 158 valence electrons. The summed E-state index contributed by atoms with van der Waals surface area (Å²) in [4.78, 5) is 14.6. The third-order valence-electron chi connectivity index (χ3n) is 4.33. The molecule has 2 aromatic carbocycles. The summed E-state index contributed by atoms with van der Waals surface area (Å²) >= 11 is 6.56. The van der Waals surface area contributed by atoms with E-state index in [4.69, 9.17) is 31.2 Å². The summed E-state index contributed by atoms with van der Waals surface area (Å²) in [6, 6.07) is 12.9. The first-order valence-electron chi connectivity index (χ1n) is 9.38. The van der Waals surface area contributed by atoms with E-state index in [0.717, 1.165) is 11.3 Å². The number of benzene rings is 2. The highest BCUT2D eigenvalue weighted by atomic mass is 32.2. The van der Waals surface area contributed by atoms with Crippen molar-refractivity contribution in [3.05, 3.63) is 52.9 Å². The number of nitrogens with zero attached hydrogens (tertiary/aromatic N) is 1. The van der Waals surface area contributed by atoms with Crippen LogP contribution in [0, 0.1) is 0 Å². The van der Waals surface area contributed by atoms with Gasteiger partial charge in [-0.25, -0.2) is 0 Å². The number of hydrogen-bond donors (Lipinski definition) is 0. The molecule has 1 heterocycles. The number of methoxy groups -OCH3 is 2. The minimum Gasteiger partial charge on any atom is -0.497 e. The Kier molecular flexibility index (Phi) is 7.59. The van der Waals surface area contributed by atoms with Gasteiger partial charge in [-0.3, -0.25) is 9.69 Å². The molecule has 0 saturated carbocycles. The van der Waals surface area contributed by atoms with Crippen LogP contribution in [0.2, 0.25) is 0 Å². The molecular formula is C22H23NO5S2.